The van der Waals surface area contributed by atoms with Crippen LogP contribution in [-0.2, 0) is 4.79 Å². The smallest absolute Gasteiger partial charge is 0.308 e. The van der Waals surface area contributed by atoms with Crippen molar-refractivity contribution in [3.8, 4) is 11.4 Å². The number of hydrogen-bond acceptors (Lipinski definition) is 5. The van der Waals surface area contributed by atoms with Crippen molar-refractivity contribution in [1.29, 1.82) is 0 Å². The van der Waals surface area contributed by atoms with E-state index >= 15 is 0 Å². The van der Waals surface area contributed by atoms with Gasteiger partial charge in [0.1, 0.15) is 17.0 Å². The lowest BCUT2D eigenvalue weighted by Gasteiger charge is -2.34. The van der Waals surface area contributed by atoms with Crippen LogP contribution in [0.3, 0.4) is 0 Å². The quantitative estimate of drug-likeness (QED) is 0.927. The van der Waals surface area contributed by atoms with Crippen molar-refractivity contribution in [3.05, 3.63) is 35.7 Å². The van der Waals surface area contributed by atoms with Crippen LogP contribution in [0.25, 0.3) is 11.4 Å². The van der Waals surface area contributed by atoms with Crippen LogP contribution in [-0.4, -0.2) is 45.1 Å². The summed E-state index contributed by atoms with van der Waals surface area (Å²) in [6.45, 7) is 4.35. The van der Waals surface area contributed by atoms with E-state index in [2.05, 4.69) is 10.1 Å². The highest BCUT2D eigenvalue weighted by molar-refractivity contribution is 6.00. The van der Waals surface area contributed by atoms with Gasteiger partial charge in [0, 0.05) is 19.3 Å². The minimum Gasteiger partial charge on any atom is -0.481 e. The normalized spacial score (nSPS) is 20.8. The van der Waals surface area contributed by atoms with E-state index in [9.17, 15) is 14.7 Å². The molecule has 1 saturated heterocycles. The zero-order valence-electron chi connectivity index (χ0n) is 13.6. The van der Waals surface area contributed by atoms with Gasteiger partial charge >= 0.3 is 5.97 Å². The number of hydrogen-bond donors (Lipinski definition) is 1. The molecule has 7 nitrogen and oxygen atoms in total. The fourth-order valence-corrected chi connectivity index (χ4v) is 3.16. The molecule has 1 aliphatic heterocycles. The van der Waals surface area contributed by atoms with Crippen molar-refractivity contribution in [3.63, 3.8) is 0 Å². The van der Waals surface area contributed by atoms with Crippen LogP contribution in [0.1, 0.15) is 29.5 Å². The van der Waals surface area contributed by atoms with E-state index in [4.69, 9.17) is 4.52 Å². The number of pyridine rings is 1. The average molecular weight is 329 g/mol. The topological polar surface area (TPSA) is 96.5 Å². The highest BCUT2D eigenvalue weighted by Gasteiger charge is 2.35. The van der Waals surface area contributed by atoms with Gasteiger partial charge in [0.05, 0.1) is 11.6 Å². The molecule has 3 rings (SSSR count). The van der Waals surface area contributed by atoms with Crippen molar-refractivity contribution in [2.45, 2.75) is 20.3 Å². The lowest BCUT2D eigenvalue weighted by molar-refractivity contribution is -0.143. The van der Waals surface area contributed by atoms with E-state index in [1.807, 2.05) is 13.0 Å². The summed E-state index contributed by atoms with van der Waals surface area (Å²) in [6.07, 6.45) is 2.20. The monoisotopic (exact) mass is 329 g/mol. The second-order valence-electron chi connectivity index (χ2n) is 6.26. The number of piperidine rings is 1. The zero-order valence-corrected chi connectivity index (χ0v) is 13.6. The standard InChI is InChI=1S/C17H19N3O4/c1-10-7-12(17(22)23)9-20(8-10)16(21)14-11(2)24-19-15(14)13-5-3-4-6-18-13/h3-6,10,12H,7-9H2,1-2H3,(H,22,23). The lowest BCUT2D eigenvalue weighted by atomic mass is 9.90. The Bertz CT molecular complexity index is 756. The molecule has 2 atom stereocenters. The molecule has 0 aliphatic carbocycles. The third kappa shape index (κ3) is 3.02. The summed E-state index contributed by atoms with van der Waals surface area (Å²) >= 11 is 0. The molecule has 2 aromatic rings. The largest absolute Gasteiger partial charge is 0.481 e. The molecule has 1 amide bonds. The number of carbonyl (C=O) groups excluding carboxylic acids is 1. The van der Waals surface area contributed by atoms with E-state index in [0.717, 1.165) is 0 Å². The van der Waals surface area contributed by atoms with Gasteiger partial charge in [-0.2, -0.15) is 0 Å². The number of carbonyl (C=O) groups is 2. The van der Waals surface area contributed by atoms with Gasteiger partial charge in [-0.15, -0.1) is 0 Å². The molecular formula is C17H19N3O4. The van der Waals surface area contributed by atoms with Crippen LogP contribution in [0.2, 0.25) is 0 Å². The Labute approximate surface area is 139 Å². The molecule has 7 heteroatoms. The lowest BCUT2D eigenvalue weighted by Crippen LogP contribution is -2.45. The Morgan fingerprint density at radius 1 is 1.33 bits per heavy atom. The summed E-state index contributed by atoms with van der Waals surface area (Å²) < 4.78 is 5.21. The summed E-state index contributed by atoms with van der Waals surface area (Å²) in [5, 5.41) is 13.3. The maximum atomic E-state index is 13.0. The molecule has 1 aliphatic rings. The number of likely N-dealkylation sites (tertiary alicyclic amines) is 1. The van der Waals surface area contributed by atoms with Gasteiger partial charge in [-0.05, 0) is 31.4 Å². The van der Waals surface area contributed by atoms with E-state index in [-0.39, 0.29) is 18.4 Å². The molecule has 0 bridgehead atoms. The van der Waals surface area contributed by atoms with Crippen molar-refractivity contribution in [1.82, 2.24) is 15.0 Å². The van der Waals surface area contributed by atoms with Gasteiger partial charge in [0.15, 0.2) is 0 Å². The van der Waals surface area contributed by atoms with Crippen molar-refractivity contribution < 1.29 is 19.2 Å². The fraction of sp³-hybridized carbons (Fsp3) is 0.412. The van der Waals surface area contributed by atoms with Crippen LogP contribution in [0.15, 0.2) is 28.9 Å². The van der Waals surface area contributed by atoms with Crippen molar-refractivity contribution in [2.75, 3.05) is 13.1 Å². The molecule has 24 heavy (non-hydrogen) atoms. The first-order valence-corrected chi connectivity index (χ1v) is 7.87. The van der Waals surface area contributed by atoms with E-state index in [0.29, 0.717) is 35.7 Å². The van der Waals surface area contributed by atoms with Gasteiger partial charge in [-0.25, -0.2) is 0 Å². The SMILES string of the molecule is Cc1onc(-c2ccccn2)c1C(=O)N1CC(C)CC(C(=O)O)C1. The second-order valence-corrected chi connectivity index (χ2v) is 6.26. The van der Waals surface area contributed by atoms with Crippen LogP contribution in [0, 0.1) is 18.8 Å². The Morgan fingerprint density at radius 2 is 2.12 bits per heavy atom. The Balaban J connectivity index is 1.93. The predicted molar refractivity (Wildman–Crippen MR) is 85.3 cm³/mol. The van der Waals surface area contributed by atoms with Crippen LogP contribution in [0.4, 0.5) is 0 Å². The van der Waals surface area contributed by atoms with Crippen LogP contribution in [0.5, 0.6) is 0 Å². The minimum absolute atomic E-state index is 0.127. The van der Waals surface area contributed by atoms with E-state index in [1.165, 1.54) is 0 Å². The number of aliphatic carboxylic acids is 1. The minimum atomic E-state index is -0.869. The number of rotatable bonds is 3. The first-order valence-electron chi connectivity index (χ1n) is 7.87. The van der Waals surface area contributed by atoms with Gasteiger partial charge in [0.25, 0.3) is 5.91 Å². The first kappa shape index (κ1) is 16.2. The number of carboxylic acid groups (broad SMARTS) is 1. The van der Waals surface area contributed by atoms with E-state index < -0.39 is 11.9 Å². The number of aromatic nitrogens is 2. The van der Waals surface area contributed by atoms with Crippen molar-refractivity contribution in [2.24, 2.45) is 11.8 Å². The average Bonchev–Trinajstić information content (AvgIpc) is 2.96. The Morgan fingerprint density at radius 3 is 2.79 bits per heavy atom. The predicted octanol–water partition coefficient (Wildman–Crippen LogP) is 2.23. The van der Waals surface area contributed by atoms with Gasteiger partial charge in [-0.3, -0.25) is 14.6 Å². The molecule has 1 N–H and O–H groups in total. The highest BCUT2D eigenvalue weighted by atomic mass is 16.5. The third-order valence-electron chi connectivity index (χ3n) is 4.28. The Kier molecular flexibility index (Phi) is 4.33. The first-order chi connectivity index (χ1) is 11.5. The molecule has 1 fully saturated rings. The molecule has 2 unspecified atom stereocenters. The number of aryl methyl sites for hydroxylation is 1. The van der Waals surface area contributed by atoms with Gasteiger partial charge in [-0.1, -0.05) is 18.1 Å². The third-order valence-corrected chi connectivity index (χ3v) is 4.28. The fourth-order valence-electron chi connectivity index (χ4n) is 3.16. The van der Waals surface area contributed by atoms with Gasteiger partial charge in [0.2, 0.25) is 0 Å². The summed E-state index contributed by atoms with van der Waals surface area (Å²) in [6, 6.07) is 5.35. The zero-order chi connectivity index (χ0) is 17.3. The molecule has 126 valence electrons. The molecule has 2 aromatic heterocycles. The highest BCUT2D eigenvalue weighted by Crippen LogP contribution is 2.28. The summed E-state index contributed by atoms with van der Waals surface area (Å²) in [5.41, 5.74) is 1.30. The van der Waals surface area contributed by atoms with Crippen LogP contribution >= 0.6 is 0 Å². The molecule has 0 saturated carbocycles. The molecular weight excluding hydrogens is 310 g/mol. The van der Waals surface area contributed by atoms with Gasteiger partial charge < -0.3 is 14.5 Å². The Hall–Kier alpha value is -2.70. The molecule has 3 heterocycles. The van der Waals surface area contributed by atoms with Crippen LogP contribution < -0.4 is 0 Å². The summed E-state index contributed by atoms with van der Waals surface area (Å²) in [7, 11) is 0. The summed E-state index contributed by atoms with van der Waals surface area (Å²) in [5.74, 6) is -1.14. The van der Waals surface area contributed by atoms with E-state index in [1.54, 1.807) is 30.2 Å². The van der Waals surface area contributed by atoms with Crippen molar-refractivity contribution >= 4 is 11.9 Å². The molecule has 0 spiro atoms. The number of amides is 1. The maximum absolute atomic E-state index is 13.0. The number of carboxylic acids is 1. The second kappa shape index (κ2) is 6.43. The molecule has 0 radical (unpaired) electrons. The molecule has 0 aromatic carbocycles. The number of nitrogens with zero attached hydrogens (tertiary/aromatic N) is 3. The maximum Gasteiger partial charge on any atom is 0.308 e. The summed E-state index contributed by atoms with van der Waals surface area (Å²) in [4.78, 5) is 30.1.